The number of aryl methyl sites for hydroxylation is 1. The number of hydrogen-bond acceptors (Lipinski definition) is 3. The quantitative estimate of drug-likeness (QED) is 0.150. The molecular formula is C29H36OS2. The highest BCUT2D eigenvalue weighted by molar-refractivity contribution is 7.36. The van der Waals surface area contributed by atoms with Gasteiger partial charge in [-0.2, -0.15) is 0 Å². The molecular weight excluding hydrogens is 428 g/mol. The van der Waals surface area contributed by atoms with Crippen LogP contribution in [0.1, 0.15) is 94.5 Å². The van der Waals surface area contributed by atoms with E-state index < -0.39 is 0 Å². The maximum Gasteiger partial charge on any atom is 0.162 e. The van der Waals surface area contributed by atoms with Crippen LogP contribution in [-0.4, -0.2) is 5.78 Å². The summed E-state index contributed by atoms with van der Waals surface area (Å²) < 4.78 is 5.43. The standard InChI is InChI=1S/C29H36OS2/c1-4-6-8-13-25(30)22-15-17-24-27(19-22)32-28-23-16-14-21(18-26(23)31-29(24)28)12-10-7-9-11-20(3)5-2/h14-20H,4-13H2,1-3H3/t20-/m0/s1. The van der Waals surface area contributed by atoms with E-state index >= 15 is 0 Å². The summed E-state index contributed by atoms with van der Waals surface area (Å²) in [7, 11) is 0. The normalized spacial score (nSPS) is 12.8. The maximum absolute atomic E-state index is 12.5. The van der Waals surface area contributed by atoms with Crippen LogP contribution < -0.4 is 0 Å². The van der Waals surface area contributed by atoms with Crippen molar-refractivity contribution in [2.24, 2.45) is 5.92 Å². The zero-order valence-electron chi connectivity index (χ0n) is 19.8. The van der Waals surface area contributed by atoms with Crippen molar-refractivity contribution >= 4 is 58.0 Å². The van der Waals surface area contributed by atoms with Crippen LogP contribution in [0.15, 0.2) is 36.4 Å². The third kappa shape index (κ3) is 5.26. The number of carbonyl (C=O) groups is 1. The number of thiophene rings is 2. The van der Waals surface area contributed by atoms with Gasteiger partial charge in [0.2, 0.25) is 0 Å². The van der Waals surface area contributed by atoms with Gasteiger partial charge in [-0.3, -0.25) is 4.79 Å². The molecule has 0 unspecified atom stereocenters. The molecule has 0 radical (unpaired) electrons. The SMILES string of the molecule is CCCCCC(=O)c1ccc2c(c1)sc1c3ccc(CCCCC[C@@H](C)CC)cc3sc21. The number of unbranched alkanes of at least 4 members (excludes halogenated alkanes) is 4. The van der Waals surface area contributed by atoms with Crippen molar-refractivity contribution in [2.75, 3.05) is 0 Å². The molecule has 0 amide bonds. The third-order valence-electron chi connectivity index (χ3n) is 6.84. The number of fused-ring (bicyclic) bond motifs is 5. The highest BCUT2D eigenvalue weighted by atomic mass is 32.1. The van der Waals surface area contributed by atoms with Gasteiger partial charge in [-0.25, -0.2) is 0 Å². The van der Waals surface area contributed by atoms with Crippen LogP contribution in [0.5, 0.6) is 0 Å². The molecule has 0 spiro atoms. The fourth-order valence-electron chi connectivity index (χ4n) is 4.51. The van der Waals surface area contributed by atoms with Gasteiger partial charge in [0, 0.05) is 32.2 Å². The van der Waals surface area contributed by atoms with Gasteiger partial charge in [0.15, 0.2) is 5.78 Å². The first-order chi connectivity index (χ1) is 15.6. The van der Waals surface area contributed by atoms with Gasteiger partial charge in [0.1, 0.15) is 0 Å². The van der Waals surface area contributed by atoms with E-state index in [1.165, 1.54) is 73.7 Å². The van der Waals surface area contributed by atoms with Gasteiger partial charge in [0.25, 0.3) is 0 Å². The molecule has 2 aromatic heterocycles. The third-order valence-corrected chi connectivity index (χ3v) is 9.34. The average Bonchev–Trinajstić information content (AvgIpc) is 3.33. The van der Waals surface area contributed by atoms with Gasteiger partial charge in [-0.1, -0.05) is 83.6 Å². The minimum atomic E-state index is 0.288. The largest absolute Gasteiger partial charge is 0.294 e. The first kappa shape index (κ1) is 23.4. The first-order valence-electron chi connectivity index (χ1n) is 12.5. The van der Waals surface area contributed by atoms with Crippen LogP contribution in [0.3, 0.4) is 0 Å². The lowest BCUT2D eigenvalue weighted by molar-refractivity contribution is 0.0979. The van der Waals surface area contributed by atoms with Crippen molar-refractivity contribution in [1.29, 1.82) is 0 Å². The second-order valence-corrected chi connectivity index (χ2v) is 11.5. The van der Waals surface area contributed by atoms with Crippen molar-refractivity contribution in [3.63, 3.8) is 0 Å². The molecule has 1 nitrogen and oxygen atoms in total. The molecule has 0 saturated heterocycles. The van der Waals surface area contributed by atoms with Crippen molar-refractivity contribution in [3.05, 3.63) is 47.5 Å². The van der Waals surface area contributed by atoms with Gasteiger partial charge < -0.3 is 0 Å². The lowest BCUT2D eigenvalue weighted by Crippen LogP contribution is -1.98. The Morgan fingerprint density at radius 2 is 1.56 bits per heavy atom. The van der Waals surface area contributed by atoms with Gasteiger partial charge in [-0.05, 0) is 42.9 Å². The van der Waals surface area contributed by atoms with Crippen LogP contribution in [0.25, 0.3) is 29.6 Å². The van der Waals surface area contributed by atoms with Gasteiger partial charge >= 0.3 is 0 Å². The minimum Gasteiger partial charge on any atom is -0.294 e. The summed E-state index contributed by atoms with van der Waals surface area (Å²) in [6.07, 6.45) is 11.8. The average molecular weight is 465 g/mol. The number of carbonyl (C=O) groups excluding carboxylic acids is 1. The van der Waals surface area contributed by atoms with Crippen molar-refractivity contribution in [3.8, 4) is 0 Å². The zero-order valence-corrected chi connectivity index (χ0v) is 21.5. The molecule has 0 aliphatic rings. The van der Waals surface area contributed by atoms with E-state index in [2.05, 4.69) is 51.1 Å². The van der Waals surface area contributed by atoms with E-state index in [-0.39, 0.29) is 5.78 Å². The highest BCUT2D eigenvalue weighted by Gasteiger charge is 2.14. The monoisotopic (exact) mass is 464 g/mol. The number of rotatable bonds is 12. The minimum absolute atomic E-state index is 0.288. The molecule has 32 heavy (non-hydrogen) atoms. The summed E-state index contributed by atoms with van der Waals surface area (Å²) in [5.41, 5.74) is 2.35. The summed E-state index contributed by atoms with van der Waals surface area (Å²) in [4.78, 5) is 12.5. The van der Waals surface area contributed by atoms with E-state index in [1.807, 2.05) is 28.7 Å². The number of hydrogen-bond donors (Lipinski definition) is 0. The molecule has 170 valence electrons. The second kappa shape index (κ2) is 10.9. The van der Waals surface area contributed by atoms with Crippen LogP contribution in [-0.2, 0) is 6.42 Å². The predicted octanol–water partition coefficient (Wildman–Crippen LogP) is 10.2. The molecule has 0 fully saturated rings. The predicted molar refractivity (Wildman–Crippen MR) is 145 cm³/mol. The van der Waals surface area contributed by atoms with E-state index in [4.69, 9.17) is 0 Å². The molecule has 0 aliphatic carbocycles. The summed E-state index contributed by atoms with van der Waals surface area (Å²) in [5, 5.41) is 2.69. The number of ketones is 1. The number of benzene rings is 2. The molecule has 0 saturated carbocycles. The Morgan fingerprint density at radius 3 is 2.28 bits per heavy atom. The molecule has 2 heterocycles. The Bertz CT molecular complexity index is 1200. The second-order valence-electron chi connectivity index (χ2n) is 9.40. The van der Waals surface area contributed by atoms with Crippen molar-refractivity contribution < 1.29 is 4.79 Å². The zero-order chi connectivity index (χ0) is 22.5. The van der Waals surface area contributed by atoms with E-state index in [1.54, 1.807) is 0 Å². The summed E-state index contributed by atoms with van der Waals surface area (Å²) in [6.45, 7) is 6.84. The first-order valence-corrected chi connectivity index (χ1v) is 14.1. The smallest absolute Gasteiger partial charge is 0.162 e. The summed E-state index contributed by atoms with van der Waals surface area (Å²) in [6, 6.07) is 13.4. The molecule has 2 aromatic carbocycles. The van der Waals surface area contributed by atoms with Crippen molar-refractivity contribution in [1.82, 2.24) is 0 Å². The summed E-state index contributed by atoms with van der Waals surface area (Å²) >= 11 is 3.77. The molecule has 0 bridgehead atoms. The Labute approximate surface area is 200 Å². The molecule has 4 rings (SSSR count). The number of Topliss-reactive ketones (excluding diaryl/α,β-unsaturated/α-hetero) is 1. The van der Waals surface area contributed by atoms with Crippen LogP contribution in [0.2, 0.25) is 0 Å². The van der Waals surface area contributed by atoms with E-state index in [0.717, 1.165) is 30.7 Å². The molecule has 3 heteroatoms. The Balaban J connectivity index is 1.48. The fourth-order valence-corrected chi connectivity index (χ4v) is 7.27. The highest BCUT2D eigenvalue weighted by Crippen LogP contribution is 2.44. The van der Waals surface area contributed by atoms with E-state index in [9.17, 15) is 4.79 Å². The Kier molecular flexibility index (Phi) is 8.02. The van der Waals surface area contributed by atoms with Crippen LogP contribution in [0.4, 0.5) is 0 Å². The van der Waals surface area contributed by atoms with Gasteiger partial charge in [-0.15, -0.1) is 22.7 Å². The van der Waals surface area contributed by atoms with Crippen LogP contribution >= 0.6 is 22.7 Å². The van der Waals surface area contributed by atoms with Crippen LogP contribution in [0, 0.1) is 5.92 Å². The lowest BCUT2D eigenvalue weighted by atomic mass is 9.99. The maximum atomic E-state index is 12.5. The molecule has 4 aromatic rings. The van der Waals surface area contributed by atoms with Gasteiger partial charge in [0.05, 0.1) is 9.40 Å². The molecule has 0 aliphatic heterocycles. The summed E-state index contributed by atoms with van der Waals surface area (Å²) in [5.74, 6) is 1.16. The molecule has 1 atom stereocenters. The Hall–Kier alpha value is -1.71. The van der Waals surface area contributed by atoms with Crippen molar-refractivity contribution in [2.45, 2.75) is 85.0 Å². The lowest BCUT2D eigenvalue weighted by Gasteiger charge is -2.07. The topological polar surface area (TPSA) is 17.1 Å². The Morgan fingerprint density at radius 1 is 0.844 bits per heavy atom. The fraction of sp³-hybridized carbons (Fsp3) is 0.483. The molecule has 0 N–H and O–H groups in total. The van der Waals surface area contributed by atoms with E-state index in [0.29, 0.717) is 6.42 Å².